The van der Waals surface area contributed by atoms with Crippen molar-refractivity contribution < 1.29 is 8.42 Å². The molecule has 1 atom stereocenters. The van der Waals surface area contributed by atoms with E-state index in [1.54, 1.807) is 4.31 Å². The molecule has 104 valence electrons. The third-order valence-electron chi connectivity index (χ3n) is 3.13. The summed E-state index contributed by atoms with van der Waals surface area (Å²) in [5, 5.41) is 3.13. The van der Waals surface area contributed by atoms with Gasteiger partial charge in [0.2, 0.25) is 0 Å². The number of aryl methyl sites for hydroxylation is 2. The Morgan fingerprint density at radius 3 is 2.56 bits per heavy atom. The van der Waals surface area contributed by atoms with Crippen LogP contribution in [0.1, 0.15) is 16.9 Å². The summed E-state index contributed by atoms with van der Waals surface area (Å²) in [4.78, 5) is 1.05. The van der Waals surface area contributed by atoms with E-state index in [0.717, 1.165) is 16.9 Å². The largest absolute Gasteiger partial charge is 0.316 e. The van der Waals surface area contributed by atoms with Crippen molar-refractivity contribution in [3.63, 3.8) is 0 Å². The topological polar surface area (TPSA) is 49.4 Å². The van der Waals surface area contributed by atoms with Crippen LogP contribution in [0.15, 0.2) is 10.3 Å². The fourth-order valence-electron chi connectivity index (χ4n) is 2.18. The zero-order valence-electron chi connectivity index (χ0n) is 10.8. The van der Waals surface area contributed by atoms with Gasteiger partial charge in [0.05, 0.1) is 0 Å². The number of sulfonamides is 1. The standard InChI is InChI=1S/C11H18N2O2S2.ClH/c1-8-6-9(2)16-11(8)17(14,15)13-5-4-10(7-13)12-3;/h6,10,12H,4-5,7H2,1-3H3;1H. The molecule has 0 aliphatic carbocycles. The summed E-state index contributed by atoms with van der Waals surface area (Å²) >= 11 is 1.37. The van der Waals surface area contributed by atoms with Crippen LogP contribution in [0, 0.1) is 13.8 Å². The summed E-state index contributed by atoms with van der Waals surface area (Å²) in [6.45, 7) is 5.00. The van der Waals surface area contributed by atoms with Gasteiger partial charge in [-0.3, -0.25) is 0 Å². The van der Waals surface area contributed by atoms with Gasteiger partial charge in [-0.25, -0.2) is 8.42 Å². The minimum absolute atomic E-state index is 0. The molecule has 4 nitrogen and oxygen atoms in total. The van der Waals surface area contributed by atoms with Gasteiger partial charge in [-0.05, 0) is 38.9 Å². The lowest BCUT2D eigenvalue weighted by atomic mass is 10.3. The van der Waals surface area contributed by atoms with Gasteiger partial charge in [0, 0.05) is 24.0 Å². The normalized spacial score (nSPS) is 20.9. The minimum atomic E-state index is -3.28. The number of halogens is 1. The number of thiophene rings is 1. The number of likely N-dealkylation sites (N-methyl/N-ethyl adjacent to an activating group) is 1. The molecule has 7 heteroatoms. The number of hydrogen-bond acceptors (Lipinski definition) is 4. The van der Waals surface area contributed by atoms with E-state index in [-0.39, 0.29) is 18.4 Å². The van der Waals surface area contributed by atoms with Crippen molar-refractivity contribution in [1.82, 2.24) is 9.62 Å². The summed E-state index contributed by atoms with van der Waals surface area (Å²) in [6.07, 6.45) is 0.888. The lowest BCUT2D eigenvalue weighted by molar-refractivity contribution is 0.466. The lowest BCUT2D eigenvalue weighted by Crippen LogP contribution is -2.33. The van der Waals surface area contributed by atoms with Crippen LogP contribution >= 0.6 is 23.7 Å². The van der Waals surface area contributed by atoms with Crippen LogP contribution in [-0.2, 0) is 10.0 Å². The Morgan fingerprint density at radius 1 is 1.44 bits per heavy atom. The predicted octanol–water partition coefficient (Wildman–Crippen LogP) is 1.77. The van der Waals surface area contributed by atoms with Crippen molar-refractivity contribution >= 4 is 33.8 Å². The Balaban J connectivity index is 0.00000162. The zero-order valence-corrected chi connectivity index (χ0v) is 13.2. The van der Waals surface area contributed by atoms with Crippen molar-refractivity contribution in [3.05, 3.63) is 16.5 Å². The molecule has 1 aromatic rings. The molecule has 1 aliphatic heterocycles. The molecule has 1 N–H and O–H groups in total. The van der Waals surface area contributed by atoms with E-state index >= 15 is 0 Å². The van der Waals surface area contributed by atoms with Crippen molar-refractivity contribution in [2.75, 3.05) is 20.1 Å². The molecular weight excluding hydrogens is 292 g/mol. The Bertz CT molecular complexity index is 513. The number of hydrogen-bond donors (Lipinski definition) is 1. The van der Waals surface area contributed by atoms with Crippen LogP contribution in [0.5, 0.6) is 0 Å². The van der Waals surface area contributed by atoms with E-state index in [0.29, 0.717) is 17.3 Å². The maximum Gasteiger partial charge on any atom is 0.252 e. The van der Waals surface area contributed by atoms with Crippen LogP contribution < -0.4 is 5.32 Å². The first-order valence-corrected chi connectivity index (χ1v) is 7.95. The van der Waals surface area contributed by atoms with Crippen molar-refractivity contribution in [1.29, 1.82) is 0 Å². The minimum Gasteiger partial charge on any atom is -0.316 e. The molecule has 0 aromatic carbocycles. The lowest BCUT2D eigenvalue weighted by Gasteiger charge is -2.15. The number of nitrogens with zero attached hydrogens (tertiary/aromatic N) is 1. The fourth-order valence-corrected chi connectivity index (χ4v) is 5.48. The molecular formula is C11H19ClN2O2S2. The molecule has 1 aliphatic rings. The van der Waals surface area contributed by atoms with Gasteiger partial charge in [0.15, 0.2) is 0 Å². The van der Waals surface area contributed by atoms with Gasteiger partial charge >= 0.3 is 0 Å². The first kappa shape index (κ1) is 15.9. The smallest absolute Gasteiger partial charge is 0.252 e. The van der Waals surface area contributed by atoms with Crippen molar-refractivity contribution in [2.24, 2.45) is 0 Å². The molecule has 1 saturated heterocycles. The van der Waals surface area contributed by atoms with Gasteiger partial charge in [-0.1, -0.05) is 0 Å². The first-order valence-electron chi connectivity index (χ1n) is 5.69. The highest BCUT2D eigenvalue weighted by molar-refractivity contribution is 7.91. The summed E-state index contributed by atoms with van der Waals surface area (Å²) in [6, 6.07) is 2.22. The van der Waals surface area contributed by atoms with Crippen molar-refractivity contribution in [3.8, 4) is 0 Å². The Labute approximate surface area is 119 Å². The van der Waals surface area contributed by atoms with Crippen LogP contribution in [0.3, 0.4) is 0 Å². The highest BCUT2D eigenvalue weighted by Gasteiger charge is 2.33. The summed E-state index contributed by atoms with van der Waals surface area (Å²) in [5.41, 5.74) is 0.861. The summed E-state index contributed by atoms with van der Waals surface area (Å²) in [7, 11) is -1.40. The molecule has 0 saturated carbocycles. The molecule has 2 rings (SSSR count). The molecule has 0 spiro atoms. The third-order valence-corrected chi connectivity index (χ3v) is 6.76. The molecule has 1 fully saturated rings. The van der Waals surface area contributed by atoms with E-state index in [9.17, 15) is 8.42 Å². The average molecular weight is 311 g/mol. The van der Waals surface area contributed by atoms with Gasteiger partial charge in [0.1, 0.15) is 4.21 Å². The highest BCUT2D eigenvalue weighted by atomic mass is 35.5. The van der Waals surface area contributed by atoms with Crippen LogP contribution in [0.2, 0.25) is 0 Å². The third kappa shape index (κ3) is 2.88. The molecule has 18 heavy (non-hydrogen) atoms. The van der Waals surface area contributed by atoms with E-state index in [1.165, 1.54) is 11.3 Å². The van der Waals surface area contributed by atoms with E-state index in [1.807, 2.05) is 27.0 Å². The Hall–Kier alpha value is -0.140. The second-order valence-electron chi connectivity index (χ2n) is 4.46. The molecule has 0 radical (unpaired) electrons. The molecule has 1 unspecified atom stereocenters. The summed E-state index contributed by atoms with van der Waals surface area (Å²) < 4.78 is 27.0. The van der Waals surface area contributed by atoms with E-state index in [4.69, 9.17) is 0 Å². The zero-order chi connectivity index (χ0) is 12.6. The maximum atomic E-state index is 12.4. The number of nitrogens with one attached hydrogen (secondary N) is 1. The fraction of sp³-hybridized carbons (Fsp3) is 0.636. The highest BCUT2D eigenvalue weighted by Crippen LogP contribution is 2.30. The Morgan fingerprint density at radius 2 is 2.11 bits per heavy atom. The molecule has 2 heterocycles. The quantitative estimate of drug-likeness (QED) is 0.925. The van der Waals surface area contributed by atoms with E-state index in [2.05, 4.69) is 5.32 Å². The van der Waals surface area contributed by atoms with Crippen molar-refractivity contribution in [2.45, 2.75) is 30.5 Å². The van der Waals surface area contributed by atoms with Gasteiger partial charge in [0.25, 0.3) is 10.0 Å². The van der Waals surface area contributed by atoms with E-state index < -0.39 is 10.0 Å². The average Bonchev–Trinajstić information content (AvgIpc) is 2.85. The SMILES string of the molecule is CNC1CCN(S(=O)(=O)c2sc(C)cc2C)C1.Cl. The first-order chi connectivity index (χ1) is 7.95. The number of rotatable bonds is 3. The monoisotopic (exact) mass is 310 g/mol. The van der Waals surface area contributed by atoms with Crippen LogP contribution in [0.25, 0.3) is 0 Å². The molecule has 1 aromatic heterocycles. The maximum absolute atomic E-state index is 12.4. The summed E-state index contributed by atoms with van der Waals surface area (Å²) in [5.74, 6) is 0. The van der Waals surface area contributed by atoms with Gasteiger partial charge in [-0.15, -0.1) is 23.7 Å². The second-order valence-corrected chi connectivity index (χ2v) is 7.85. The second kappa shape index (κ2) is 5.88. The van der Waals surface area contributed by atoms with Gasteiger partial charge in [-0.2, -0.15) is 4.31 Å². The van der Waals surface area contributed by atoms with Gasteiger partial charge < -0.3 is 5.32 Å². The van der Waals surface area contributed by atoms with Crippen LogP contribution in [0.4, 0.5) is 0 Å². The molecule has 0 bridgehead atoms. The van der Waals surface area contributed by atoms with Crippen LogP contribution in [-0.4, -0.2) is 38.9 Å². The predicted molar refractivity (Wildman–Crippen MR) is 77.3 cm³/mol. The molecule has 0 amide bonds. The Kier molecular flexibility index (Phi) is 5.20.